The highest BCUT2D eigenvalue weighted by atomic mass is 16.5. The molecule has 0 aliphatic carbocycles. The van der Waals surface area contributed by atoms with Crippen molar-refractivity contribution in [1.29, 1.82) is 0 Å². The number of hydrogen-bond donors (Lipinski definition) is 4. The summed E-state index contributed by atoms with van der Waals surface area (Å²) in [5.74, 6) is 0.332. The minimum absolute atomic E-state index is 0.0688. The van der Waals surface area contributed by atoms with Crippen molar-refractivity contribution in [1.82, 2.24) is 25.2 Å². The van der Waals surface area contributed by atoms with Crippen molar-refractivity contribution in [3.63, 3.8) is 0 Å². The maximum absolute atomic E-state index is 11.9. The number of nitrogens with one attached hydrogen (secondary N) is 2. The Morgan fingerprint density at radius 2 is 2.32 bits per heavy atom. The van der Waals surface area contributed by atoms with Gasteiger partial charge >= 0.3 is 5.91 Å². The van der Waals surface area contributed by atoms with Crippen molar-refractivity contribution in [3.8, 4) is 0 Å². The van der Waals surface area contributed by atoms with Gasteiger partial charge in [0.15, 0.2) is 17.2 Å². The van der Waals surface area contributed by atoms with E-state index in [9.17, 15) is 4.79 Å². The number of carbonyl (C=O) groups is 1. The zero-order valence-corrected chi connectivity index (χ0v) is 11.7. The summed E-state index contributed by atoms with van der Waals surface area (Å²) in [7, 11) is 0. The van der Waals surface area contributed by atoms with E-state index in [4.69, 9.17) is 16.2 Å². The average Bonchev–Trinajstić information content (AvgIpc) is 3.15. The minimum Gasteiger partial charge on any atom is -0.488 e. The molecule has 3 heterocycles. The zero-order chi connectivity index (χ0) is 15.5. The van der Waals surface area contributed by atoms with Crippen LogP contribution in [0, 0.1) is 0 Å². The lowest BCUT2D eigenvalue weighted by Crippen LogP contribution is -2.31. The van der Waals surface area contributed by atoms with Crippen molar-refractivity contribution in [2.24, 2.45) is 5.73 Å². The topological polar surface area (TPSA) is 146 Å². The molecular weight excluding hydrogens is 288 g/mol. The zero-order valence-electron chi connectivity index (χ0n) is 11.7. The number of carbonyl (C=O) groups excluding carboxylic acids is 1. The molecule has 0 saturated heterocycles. The lowest BCUT2D eigenvalue weighted by atomic mass is 10.4. The Balaban J connectivity index is 1.82. The van der Waals surface area contributed by atoms with Crippen LogP contribution in [0.15, 0.2) is 18.0 Å². The molecule has 2 aromatic rings. The number of fused-ring (bicyclic) bond motifs is 1. The van der Waals surface area contributed by atoms with Gasteiger partial charge in [0.25, 0.3) is 0 Å². The smallest absolute Gasteiger partial charge is 0.304 e. The molecule has 0 spiro atoms. The third-order valence-corrected chi connectivity index (χ3v) is 3.08. The Kier molecular flexibility index (Phi) is 3.74. The first-order valence-electron chi connectivity index (χ1n) is 6.77. The predicted octanol–water partition coefficient (Wildman–Crippen LogP) is -0.886. The molecule has 1 aliphatic heterocycles. The molecule has 6 N–H and O–H groups in total. The third-order valence-electron chi connectivity index (χ3n) is 3.08. The monoisotopic (exact) mass is 304 g/mol. The van der Waals surface area contributed by atoms with Crippen LogP contribution in [0.3, 0.4) is 0 Å². The fourth-order valence-electron chi connectivity index (χ4n) is 2.11. The fraction of sp³-hybridized carbons (Fsp3) is 0.333. The number of anilines is 2. The van der Waals surface area contributed by atoms with E-state index in [1.807, 2.05) is 0 Å². The van der Waals surface area contributed by atoms with Gasteiger partial charge in [-0.05, 0) is 6.08 Å². The van der Waals surface area contributed by atoms with Gasteiger partial charge in [-0.3, -0.25) is 15.6 Å². The molecule has 116 valence electrons. The van der Waals surface area contributed by atoms with Crippen molar-refractivity contribution >= 4 is 28.7 Å². The second kappa shape index (κ2) is 5.85. The van der Waals surface area contributed by atoms with E-state index in [-0.39, 0.29) is 17.6 Å². The molecule has 22 heavy (non-hydrogen) atoms. The highest BCUT2D eigenvalue weighted by molar-refractivity contribution is 5.94. The van der Waals surface area contributed by atoms with Gasteiger partial charge in [-0.2, -0.15) is 15.1 Å². The van der Waals surface area contributed by atoms with E-state index in [0.717, 1.165) is 6.42 Å². The first-order chi connectivity index (χ1) is 10.7. The van der Waals surface area contributed by atoms with Crippen molar-refractivity contribution < 1.29 is 9.53 Å². The normalized spacial score (nSPS) is 13.8. The van der Waals surface area contributed by atoms with E-state index in [2.05, 4.69) is 25.9 Å². The lowest BCUT2D eigenvalue weighted by molar-refractivity contribution is -0.120. The van der Waals surface area contributed by atoms with Crippen LogP contribution in [-0.4, -0.2) is 38.8 Å². The molecule has 10 heteroatoms. The van der Waals surface area contributed by atoms with Crippen LogP contribution in [0.25, 0.3) is 11.0 Å². The molecule has 0 unspecified atom stereocenters. The standard InChI is InChI=1S/C12H16N8O2/c13-3-4-20-10-7(6-15-20)9(16-12(14)17-10)18-19-11(21)8-2-1-5-22-8/h2,6H,1,3-5,13H2,(H,19,21)(H3,14,16,17,18). The first-order valence-corrected chi connectivity index (χ1v) is 6.77. The van der Waals surface area contributed by atoms with E-state index in [0.29, 0.717) is 36.5 Å². The highest BCUT2D eigenvalue weighted by Gasteiger charge is 2.16. The highest BCUT2D eigenvalue weighted by Crippen LogP contribution is 2.20. The molecule has 1 amide bonds. The van der Waals surface area contributed by atoms with E-state index >= 15 is 0 Å². The van der Waals surface area contributed by atoms with E-state index < -0.39 is 0 Å². The summed E-state index contributed by atoms with van der Waals surface area (Å²) >= 11 is 0. The van der Waals surface area contributed by atoms with Gasteiger partial charge in [-0.25, -0.2) is 4.68 Å². The van der Waals surface area contributed by atoms with E-state index in [1.165, 1.54) is 0 Å². The minimum atomic E-state index is -0.378. The Hall–Kier alpha value is -2.88. The third kappa shape index (κ3) is 2.63. The lowest BCUT2D eigenvalue weighted by Gasteiger charge is -2.10. The van der Waals surface area contributed by atoms with Crippen LogP contribution in [0.1, 0.15) is 6.42 Å². The maximum atomic E-state index is 11.9. The number of nitrogen functional groups attached to an aromatic ring is 1. The molecule has 10 nitrogen and oxygen atoms in total. The Morgan fingerprint density at radius 3 is 3.05 bits per heavy atom. The van der Waals surface area contributed by atoms with Gasteiger partial charge in [0, 0.05) is 13.0 Å². The van der Waals surface area contributed by atoms with Gasteiger partial charge in [0.1, 0.15) is 0 Å². The van der Waals surface area contributed by atoms with Crippen LogP contribution in [0.5, 0.6) is 0 Å². The molecule has 0 radical (unpaired) electrons. The Labute approximate surface area is 125 Å². The van der Waals surface area contributed by atoms with Gasteiger partial charge in [0.05, 0.1) is 24.7 Å². The number of nitrogens with zero attached hydrogens (tertiary/aromatic N) is 4. The predicted molar refractivity (Wildman–Crippen MR) is 79.2 cm³/mol. The number of amides is 1. The summed E-state index contributed by atoms with van der Waals surface area (Å²) in [6.45, 7) is 1.44. The number of nitrogens with two attached hydrogens (primary N) is 2. The molecule has 0 aromatic carbocycles. The number of hydrogen-bond acceptors (Lipinski definition) is 8. The molecule has 0 atom stereocenters. The fourth-order valence-corrected chi connectivity index (χ4v) is 2.11. The summed E-state index contributed by atoms with van der Waals surface area (Å²) < 4.78 is 6.80. The molecule has 3 rings (SSSR count). The van der Waals surface area contributed by atoms with Crippen molar-refractivity contribution in [2.75, 3.05) is 24.3 Å². The van der Waals surface area contributed by atoms with Crippen LogP contribution in [0.2, 0.25) is 0 Å². The Morgan fingerprint density at radius 1 is 1.45 bits per heavy atom. The van der Waals surface area contributed by atoms with Gasteiger partial charge in [-0.1, -0.05) is 0 Å². The second-order valence-electron chi connectivity index (χ2n) is 4.61. The van der Waals surface area contributed by atoms with Crippen molar-refractivity contribution in [2.45, 2.75) is 13.0 Å². The number of hydrazine groups is 1. The summed E-state index contributed by atoms with van der Waals surface area (Å²) in [4.78, 5) is 20.1. The van der Waals surface area contributed by atoms with Crippen LogP contribution in [0.4, 0.5) is 11.8 Å². The number of rotatable bonds is 5. The molecule has 0 bridgehead atoms. The van der Waals surface area contributed by atoms with Crippen molar-refractivity contribution in [3.05, 3.63) is 18.0 Å². The Bertz CT molecular complexity index is 738. The van der Waals surface area contributed by atoms with E-state index in [1.54, 1.807) is 17.0 Å². The average molecular weight is 304 g/mol. The molecular formula is C12H16N8O2. The molecule has 1 aliphatic rings. The van der Waals surface area contributed by atoms with Crippen LogP contribution in [-0.2, 0) is 16.1 Å². The largest absolute Gasteiger partial charge is 0.488 e. The van der Waals surface area contributed by atoms with Gasteiger partial charge < -0.3 is 16.2 Å². The summed E-state index contributed by atoms with van der Waals surface area (Å²) in [5, 5.41) is 4.81. The maximum Gasteiger partial charge on any atom is 0.304 e. The molecule has 0 saturated carbocycles. The summed E-state index contributed by atoms with van der Waals surface area (Å²) in [5.41, 5.74) is 17.0. The van der Waals surface area contributed by atoms with Crippen LogP contribution < -0.4 is 22.3 Å². The quantitative estimate of drug-likeness (QED) is 0.520. The van der Waals surface area contributed by atoms with Gasteiger partial charge in [-0.15, -0.1) is 0 Å². The first kappa shape index (κ1) is 14.1. The SMILES string of the molecule is NCCn1ncc2c(NNC(=O)C3=CCCO3)nc(N)nc21. The molecule has 2 aromatic heterocycles. The number of ether oxygens (including phenoxy) is 1. The van der Waals surface area contributed by atoms with Gasteiger partial charge in [0.2, 0.25) is 5.95 Å². The summed E-state index contributed by atoms with van der Waals surface area (Å²) in [6.07, 6.45) is 4.03. The summed E-state index contributed by atoms with van der Waals surface area (Å²) in [6, 6.07) is 0. The number of aromatic nitrogens is 4. The second-order valence-corrected chi connectivity index (χ2v) is 4.61. The van der Waals surface area contributed by atoms with Crippen LogP contribution >= 0.6 is 0 Å². The molecule has 0 fully saturated rings.